The second kappa shape index (κ2) is 9.93. The van der Waals surface area contributed by atoms with Gasteiger partial charge in [0.1, 0.15) is 24.1 Å². The molecule has 5 rings (SSSR count). The standard InChI is InChI=1S/C31H35FN2O4/c1-20-12-13-24(37-19-23-16-22(32)18-34(23)29(36)38-30(2,3)4)17-26(20)28(35)33-31(14-15-31)27-11-7-9-21-8-5-6-10-25(21)27/h5-13,17,22-23H,14-16,18-19H2,1-4H3,(H,33,35)/t22-,23+/m0/s1. The third kappa shape index (κ3) is 5.47. The van der Waals surface area contributed by atoms with Crippen LogP contribution in [0.2, 0.25) is 0 Å². The number of aryl methyl sites for hydroxylation is 1. The lowest BCUT2D eigenvalue weighted by Gasteiger charge is -2.28. The molecule has 2 aliphatic rings. The molecule has 0 radical (unpaired) electrons. The van der Waals surface area contributed by atoms with Crippen LogP contribution in [0.15, 0.2) is 60.7 Å². The lowest BCUT2D eigenvalue weighted by molar-refractivity contribution is 0.0181. The molecule has 3 aromatic carbocycles. The molecule has 1 saturated carbocycles. The van der Waals surface area contributed by atoms with E-state index in [4.69, 9.17) is 9.47 Å². The molecular weight excluding hydrogens is 483 g/mol. The van der Waals surface area contributed by atoms with Gasteiger partial charge < -0.3 is 14.8 Å². The maximum atomic E-state index is 14.2. The van der Waals surface area contributed by atoms with Gasteiger partial charge in [0.2, 0.25) is 0 Å². The molecule has 1 saturated heterocycles. The first-order valence-electron chi connectivity index (χ1n) is 13.2. The number of alkyl halides is 1. The van der Waals surface area contributed by atoms with Crippen LogP contribution in [-0.2, 0) is 10.3 Å². The maximum absolute atomic E-state index is 14.2. The number of fused-ring (bicyclic) bond motifs is 1. The Morgan fingerprint density at radius 2 is 1.82 bits per heavy atom. The number of nitrogens with one attached hydrogen (secondary N) is 1. The largest absolute Gasteiger partial charge is 0.491 e. The summed E-state index contributed by atoms with van der Waals surface area (Å²) in [7, 11) is 0. The summed E-state index contributed by atoms with van der Waals surface area (Å²) in [5, 5.41) is 5.60. The Hall–Kier alpha value is -3.61. The predicted octanol–water partition coefficient (Wildman–Crippen LogP) is 6.29. The summed E-state index contributed by atoms with van der Waals surface area (Å²) >= 11 is 0. The van der Waals surface area contributed by atoms with Crippen molar-refractivity contribution in [3.8, 4) is 5.75 Å². The zero-order chi connectivity index (χ0) is 27.1. The van der Waals surface area contributed by atoms with Crippen LogP contribution in [0.5, 0.6) is 5.75 Å². The Balaban J connectivity index is 1.29. The van der Waals surface area contributed by atoms with Crippen LogP contribution in [0.25, 0.3) is 10.8 Å². The number of benzene rings is 3. The van der Waals surface area contributed by atoms with Crippen molar-refractivity contribution in [1.29, 1.82) is 0 Å². The minimum atomic E-state index is -1.13. The van der Waals surface area contributed by atoms with Crippen LogP contribution < -0.4 is 10.1 Å². The number of amides is 2. The van der Waals surface area contributed by atoms with Gasteiger partial charge in [0, 0.05) is 12.0 Å². The zero-order valence-electron chi connectivity index (χ0n) is 22.4. The molecule has 2 fully saturated rings. The van der Waals surface area contributed by atoms with E-state index in [0.29, 0.717) is 11.3 Å². The van der Waals surface area contributed by atoms with Crippen molar-refractivity contribution in [3.05, 3.63) is 77.4 Å². The molecule has 6 nitrogen and oxygen atoms in total. The smallest absolute Gasteiger partial charge is 0.410 e. The van der Waals surface area contributed by atoms with Gasteiger partial charge >= 0.3 is 6.09 Å². The molecule has 0 aromatic heterocycles. The minimum Gasteiger partial charge on any atom is -0.491 e. The van der Waals surface area contributed by atoms with Gasteiger partial charge in [-0.15, -0.1) is 0 Å². The molecule has 38 heavy (non-hydrogen) atoms. The molecule has 200 valence electrons. The average Bonchev–Trinajstić information content (AvgIpc) is 3.54. The summed E-state index contributed by atoms with van der Waals surface area (Å²) in [5.41, 5.74) is 1.46. The highest BCUT2D eigenvalue weighted by atomic mass is 19.1. The van der Waals surface area contributed by atoms with Crippen molar-refractivity contribution >= 4 is 22.8 Å². The van der Waals surface area contributed by atoms with Gasteiger partial charge in [-0.2, -0.15) is 0 Å². The third-order valence-corrected chi connectivity index (χ3v) is 7.30. The van der Waals surface area contributed by atoms with Crippen LogP contribution >= 0.6 is 0 Å². The summed E-state index contributed by atoms with van der Waals surface area (Å²) in [4.78, 5) is 27.5. The normalized spacial score (nSPS) is 20.3. The molecule has 7 heteroatoms. The fourth-order valence-electron chi connectivity index (χ4n) is 5.20. The maximum Gasteiger partial charge on any atom is 0.410 e. The number of nitrogens with zero attached hydrogens (tertiary/aromatic N) is 1. The van der Waals surface area contributed by atoms with E-state index in [0.717, 1.165) is 34.7 Å². The molecule has 1 N–H and O–H groups in total. The van der Waals surface area contributed by atoms with Gasteiger partial charge in [0.15, 0.2) is 0 Å². The average molecular weight is 519 g/mol. The van der Waals surface area contributed by atoms with E-state index < -0.39 is 23.9 Å². The van der Waals surface area contributed by atoms with E-state index in [1.54, 1.807) is 32.9 Å². The molecule has 1 heterocycles. The van der Waals surface area contributed by atoms with Crippen LogP contribution in [0.4, 0.5) is 9.18 Å². The SMILES string of the molecule is Cc1ccc(OC[C@H]2C[C@H](F)CN2C(=O)OC(C)(C)C)cc1C(=O)NC1(c2cccc3ccccc23)CC1. The van der Waals surface area contributed by atoms with Gasteiger partial charge in [-0.05, 0) is 74.6 Å². The van der Waals surface area contributed by atoms with E-state index in [-0.39, 0.29) is 31.0 Å². The summed E-state index contributed by atoms with van der Waals surface area (Å²) < 4.78 is 25.6. The molecule has 0 bridgehead atoms. The number of hydrogen-bond acceptors (Lipinski definition) is 4. The fraction of sp³-hybridized carbons (Fsp3) is 0.419. The molecule has 0 spiro atoms. The van der Waals surface area contributed by atoms with Crippen molar-refractivity contribution in [3.63, 3.8) is 0 Å². The quantitative estimate of drug-likeness (QED) is 0.416. The van der Waals surface area contributed by atoms with Crippen LogP contribution in [0.3, 0.4) is 0 Å². The van der Waals surface area contributed by atoms with Gasteiger partial charge in [-0.3, -0.25) is 9.69 Å². The Labute approximate surface area is 223 Å². The second-order valence-electron chi connectivity index (χ2n) is 11.5. The molecule has 2 atom stereocenters. The van der Waals surface area contributed by atoms with E-state index in [2.05, 4.69) is 29.6 Å². The number of carbonyl (C=O) groups excluding carboxylic acids is 2. The highest BCUT2D eigenvalue weighted by Gasteiger charge is 2.46. The number of likely N-dealkylation sites (tertiary alicyclic amines) is 1. The Kier molecular flexibility index (Phi) is 6.80. The van der Waals surface area contributed by atoms with Crippen LogP contribution in [0.1, 0.15) is 61.5 Å². The summed E-state index contributed by atoms with van der Waals surface area (Å²) in [6.45, 7) is 7.34. The lowest BCUT2D eigenvalue weighted by atomic mass is 9.96. The highest BCUT2D eigenvalue weighted by molar-refractivity contribution is 5.97. The van der Waals surface area contributed by atoms with Gasteiger partial charge in [-0.1, -0.05) is 48.5 Å². The first-order valence-corrected chi connectivity index (χ1v) is 13.2. The number of halogens is 1. The fourth-order valence-corrected chi connectivity index (χ4v) is 5.20. The molecule has 3 aromatic rings. The van der Waals surface area contributed by atoms with E-state index in [1.807, 2.05) is 31.2 Å². The first kappa shape index (κ1) is 26.0. The van der Waals surface area contributed by atoms with E-state index in [9.17, 15) is 14.0 Å². The minimum absolute atomic E-state index is 0.0132. The van der Waals surface area contributed by atoms with Crippen LogP contribution in [-0.4, -0.2) is 47.9 Å². The molecule has 0 unspecified atom stereocenters. The van der Waals surface area contributed by atoms with Crippen molar-refractivity contribution in [2.24, 2.45) is 0 Å². The predicted molar refractivity (Wildman–Crippen MR) is 145 cm³/mol. The molecule has 1 aliphatic heterocycles. The highest BCUT2D eigenvalue weighted by Crippen LogP contribution is 2.48. The number of rotatable bonds is 6. The monoisotopic (exact) mass is 518 g/mol. The van der Waals surface area contributed by atoms with E-state index in [1.165, 1.54) is 4.90 Å². The summed E-state index contributed by atoms with van der Waals surface area (Å²) in [6, 6.07) is 19.4. The number of ether oxygens (including phenoxy) is 2. The van der Waals surface area contributed by atoms with Gasteiger partial charge in [0.25, 0.3) is 5.91 Å². The van der Waals surface area contributed by atoms with Crippen LogP contribution in [0, 0.1) is 6.92 Å². The third-order valence-electron chi connectivity index (χ3n) is 7.30. The van der Waals surface area contributed by atoms with Crippen molar-refractivity contribution < 1.29 is 23.5 Å². The van der Waals surface area contributed by atoms with E-state index >= 15 is 0 Å². The number of hydrogen-bond donors (Lipinski definition) is 1. The molecular formula is C31H35FN2O4. The summed E-state index contributed by atoms with van der Waals surface area (Å²) in [5.74, 6) is 0.348. The van der Waals surface area contributed by atoms with Crippen molar-refractivity contribution in [2.75, 3.05) is 13.2 Å². The second-order valence-corrected chi connectivity index (χ2v) is 11.5. The van der Waals surface area contributed by atoms with Gasteiger partial charge in [0.05, 0.1) is 18.1 Å². The topological polar surface area (TPSA) is 67.9 Å². The Morgan fingerprint density at radius 3 is 2.55 bits per heavy atom. The Bertz CT molecular complexity index is 1360. The Morgan fingerprint density at radius 1 is 1.08 bits per heavy atom. The van der Waals surface area contributed by atoms with Gasteiger partial charge in [-0.25, -0.2) is 9.18 Å². The molecule has 2 amide bonds. The summed E-state index contributed by atoms with van der Waals surface area (Å²) in [6.07, 6.45) is 0.285. The molecule has 1 aliphatic carbocycles. The lowest BCUT2D eigenvalue weighted by Crippen LogP contribution is -2.42. The van der Waals surface area contributed by atoms with Crippen molar-refractivity contribution in [1.82, 2.24) is 10.2 Å². The number of carbonyl (C=O) groups is 2. The first-order chi connectivity index (χ1) is 18.0. The van der Waals surface area contributed by atoms with Crippen molar-refractivity contribution in [2.45, 2.75) is 70.3 Å². The zero-order valence-corrected chi connectivity index (χ0v) is 22.4.